The predicted octanol–water partition coefficient (Wildman–Crippen LogP) is 2.65. The largest absolute Gasteiger partial charge is 0.385 e. The SMILES string of the molecule is COCCCOCCSCC(C)CCl. The molecule has 0 aliphatic carbocycles. The first kappa shape index (κ1) is 14.6. The van der Waals surface area contributed by atoms with E-state index in [1.54, 1.807) is 7.11 Å². The fourth-order valence-electron chi connectivity index (χ4n) is 0.854. The lowest BCUT2D eigenvalue weighted by atomic mass is 10.3. The second-order valence-electron chi connectivity index (χ2n) is 3.29. The molecular weight excluding hydrogens is 220 g/mol. The molecule has 0 heterocycles. The van der Waals surface area contributed by atoms with Crippen molar-refractivity contribution in [1.82, 2.24) is 0 Å². The van der Waals surface area contributed by atoms with Crippen molar-refractivity contribution in [1.29, 1.82) is 0 Å². The van der Waals surface area contributed by atoms with Gasteiger partial charge in [0.1, 0.15) is 0 Å². The zero-order valence-electron chi connectivity index (χ0n) is 9.13. The van der Waals surface area contributed by atoms with Crippen LogP contribution in [0.5, 0.6) is 0 Å². The van der Waals surface area contributed by atoms with E-state index in [-0.39, 0.29) is 0 Å². The summed E-state index contributed by atoms with van der Waals surface area (Å²) in [6.45, 7) is 4.60. The highest BCUT2D eigenvalue weighted by Gasteiger charge is 1.99. The summed E-state index contributed by atoms with van der Waals surface area (Å²) >= 11 is 7.60. The Balaban J connectivity index is 2.92. The highest BCUT2D eigenvalue weighted by Crippen LogP contribution is 2.09. The molecule has 0 aliphatic heterocycles. The van der Waals surface area contributed by atoms with Crippen LogP contribution in [-0.2, 0) is 9.47 Å². The van der Waals surface area contributed by atoms with Crippen LogP contribution < -0.4 is 0 Å². The van der Waals surface area contributed by atoms with Crippen LogP contribution in [0.4, 0.5) is 0 Å². The van der Waals surface area contributed by atoms with Gasteiger partial charge in [-0.3, -0.25) is 0 Å². The standard InChI is InChI=1S/C10H21ClO2S/c1-10(8-11)9-14-7-6-13-5-3-4-12-2/h10H,3-9H2,1-2H3. The molecule has 0 radical (unpaired) electrons. The third-order valence-corrected chi connectivity index (χ3v) is 3.46. The lowest BCUT2D eigenvalue weighted by molar-refractivity contribution is 0.113. The van der Waals surface area contributed by atoms with Gasteiger partial charge in [-0.2, -0.15) is 11.8 Å². The quantitative estimate of drug-likeness (QED) is 0.432. The summed E-state index contributed by atoms with van der Waals surface area (Å²) in [6, 6.07) is 0. The molecule has 0 aromatic carbocycles. The van der Waals surface area contributed by atoms with Gasteiger partial charge in [-0.1, -0.05) is 6.92 Å². The summed E-state index contributed by atoms with van der Waals surface area (Å²) in [4.78, 5) is 0. The third kappa shape index (κ3) is 10.6. The Morgan fingerprint density at radius 1 is 1.29 bits per heavy atom. The first-order chi connectivity index (χ1) is 6.81. The second-order valence-corrected chi connectivity index (χ2v) is 4.75. The van der Waals surface area contributed by atoms with Crippen molar-refractivity contribution in [3.63, 3.8) is 0 Å². The van der Waals surface area contributed by atoms with E-state index in [0.29, 0.717) is 5.92 Å². The minimum absolute atomic E-state index is 0.607. The molecule has 1 atom stereocenters. The Labute approximate surface area is 96.7 Å². The number of alkyl halides is 1. The maximum absolute atomic E-state index is 5.69. The van der Waals surface area contributed by atoms with Crippen LogP contribution >= 0.6 is 23.4 Å². The van der Waals surface area contributed by atoms with E-state index in [2.05, 4.69) is 6.92 Å². The molecule has 0 rings (SSSR count). The summed E-state index contributed by atoms with van der Waals surface area (Å²) in [5.41, 5.74) is 0. The molecular formula is C10H21ClO2S. The van der Waals surface area contributed by atoms with Gasteiger partial charge in [0.05, 0.1) is 6.61 Å². The van der Waals surface area contributed by atoms with Crippen molar-refractivity contribution < 1.29 is 9.47 Å². The van der Waals surface area contributed by atoms with E-state index in [1.165, 1.54) is 0 Å². The molecule has 0 amide bonds. The summed E-state index contributed by atoms with van der Waals surface area (Å²) in [7, 11) is 1.71. The molecule has 0 fully saturated rings. The number of thioether (sulfide) groups is 1. The molecule has 0 aliphatic rings. The van der Waals surface area contributed by atoms with E-state index in [0.717, 1.165) is 43.6 Å². The van der Waals surface area contributed by atoms with E-state index in [9.17, 15) is 0 Å². The maximum Gasteiger partial charge on any atom is 0.0556 e. The summed E-state index contributed by atoms with van der Waals surface area (Å²) in [5.74, 6) is 3.55. The highest BCUT2D eigenvalue weighted by atomic mass is 35.5. The average molecular weight is 241 g/mol. The number of halogens is 1. The first-order valence-electron chi connectivity index (χ1n) is 5.01. The van der Waals surface area contributed by atoms with E-state index < -0.39 is 0 Å². The van der Waals surface area contributed by atoms with E-state index in [4.69, 9.17) is 21.1 Å². The van der Waals surface area contributed by atoms with Gasteiger partial charge in [0.2, 0.25) is 0 Å². The van der Waals surface area contributed by atoms with Crippen LogP contribution in [-0.4, -0.2) is 44.3 Å². The Morgan fingerprint density at radius 3 is 2.71 bits per heavy atom. The zero-order valence-corrected chi connectivity index (χ0v) is 10.7. The number of methoxy groups -OCH3 is 1. The fourth-order valence-corrected chi connectivity index (χ4v) is 2.02. The molecule has 0 bridgehead atoms. The Kier molecular flexibility index (Phi) is 12.1. The average Bonchev–Trinajstić information content (AvgIpc) is 2.21. The van der Waals surface area contributed by atoms with Crippen LogP contribution in [0.25, 0.3) is 0 Å². The lowest BCUT2D eigenvalue weighted by Crippen LogP contribution is -2.05. The van der Waals surface area contributed by atoms with Crippen LogP contribution in [0.3, 0.4) is 0 Å². The van der Waals surface area contributed by atoms with Crippen molar-refractivity contribution in [3.05, 3.63) is 0 Å². The smallest absolute Gasteiger partial charge is 0.0556 e. The lowest BCUT2D eigenvalue weighted by Gasteiger charge is -2.07. The molecule has 0 saturated carbocycles. The van der Waals surface area contributed by atoms with Crippen molar-refractivity contribution >= 4 is 23.4 Å². The van der Waals surface area contributed by atoms with Crippen molar-refractivity contribution in [2.24, 2.45) is 5.92 Å². The molecule has 86 valence electrons. The molecule has 0 aromatic rings. The minimum atomic E-state index is 0.607. The van der Waals surface area contributed by atoms with Crippen molar-refractivity contribution in [3.8, 4) is 0 Å². The van der Waals surface area contributed by atoms with Crippen LogP contribution in [0.2, 0.25) is 0 Å². The fraction of sp³-hybridized carbons (Fsp3) is 1.00. The first-order valence-corrected chi connectivity index (χ1v) is 6.70. The Morgan fingerprint density at radius 2 is 2.07 bits per heavy atom. The van der Waals surface area contributed by atoms with Gasteiger partial charge in [0.15, 0.2) is 0 Å². The van der Waals surface area contributed by atoms with Gasteiger partial charge in [-0.25, -0.2) is 0 Å². The maximum atomic E-state index is 5.69. The minimum Gasteiger partial charge on any atom is -0.385 e. The molecule has 0 aromatic heterocycles. The molecule has 2 nitrogen and oxygen atoms in total. The van der Waals surface area contributed by atoms with Gasteiger partial charge in [-0.15, -0.1) is 11.6 Å². The third-order valence-electron chi connectivity index (χ3n) is 1.67. The van der Waals surface area contributed by atoms with Crippen molar-refractivity contribution in [2.45, 2.75) is 13.3 Å². The van der Waals surface area contributed by atoms with Gasteiger partial charge < -0.3 is 9.47 Å². The number of hydrogen-bond donors (Lipinski definition) is 0. The molecule has 0 spiro atoms. The molecule has 0 N–H and O–H groups in total. The summed E-state index contributed by atoms with van der Waals surface area (Å²) in [6.07, 6.45) is 0.985. The topological polar surface area (TPSA) is 18.5 Å². The zero-order chi connectivity index (χ0) is 10.6. The van der Waals surface area contributed by atoms with Gasteiger partial charge in [0, 0.05) is 32.0 Å². The molecule has 0 saturated heterocycles. The normalized spacial score (nSPS) is 13.1. The Bertz CT molecular complexity index is 114. The monoisotopic (exact) mass is 240 g/mol. The summed E-state index contributed by atoms with van der Waals surface area (Å²) in [5, 5.41) is 0. The molecule has 14 heavy (non-hydrogen) atoms. The number of hydrogen-bond acceptors (Lipinski definition) is 3. The second kappa shape index (κ2) is 11.6. The number of rotatable bonds is 10. The highest BCUT2D eigenvalue weighted by molar-refractivity contribution is 7.99. The van der Waals surface area contributed by atoms with Gasteiger partial charge in [0.25, 0.3) is 0 Å². The van der Waals surface area contributed by atoms with E-state index in [1.807, 2.05) is 11.8 Å². The number of ether oxygens (including phenoxy) is 2. The van der Waals surface area contributed by atoms with Gasteiger partial charge in [-0.05, 0) is 18.1 Å². The van der Waals surface area contributed by atoms with Crippen molar-refractivity contribution in [2.75, 3.05) is 44.3 Å². The Hall–Kier alpha value is 0.560. The summed E-state index contributed by atoms with van der Waals surface area (Å²) < 4.78 is 10.3. The molecule has 1 unspecified atom stereocenters. The predicted molar refractivity (Wildman–Crippen MR) is 64.5 cm³/mol. The van der Waals surface area contributed by atoms with E-state index >= 15 is 0 Å². The van der Waals surface area contributed by atoms with Crippen LogP contribution in [0, 0.1) is 5.92 Å². The van der Waals surface area contributed by atoms with Crippen LogP contribution in [0.1, 0.15) is 13.3 Å². The van der Waals surface area contributed by atoms with Crippen LogP contribution in [0.15, 0.2) is 0 Å². The van der Waals surface area contributed by atoms with Gasteiger partial charge >= 0.3 is 0 Å². The molecule has 4 heteroatoms.